The summed E-state index contributed by atoms with van der Waals surface area (Å²) < 4.78 is 0. The SMILES string of the molecule is C=CCCCCCCC(CNCC)c1ccccc1. The van der Waals surface area contributed by atoms with E-state index in [-0.39, 0.29) is 0 Å². The minimum atomic E-state index is 0.667. The van der Waals surface area contributed by atoms with Gasteiger partial charge in [0.15, 0.2) is 0 Å². The number of allylic oxidation sites excluding steroid dienone is 1. The van der Waals surface area contributed by atoms with Gasteiger partial charge in [-0.2, -0.15) is 0 Å². The summed E-state index contributed by atoms with van der Waals surface area (Å²) >= 11 is 0. The van der Waals surface area contributed by atoms with Crippen LogP contribution in [0.4, 0.5) is 0 Å². The monoisotopic (exact) mass is 259 g/mol. The summed E-state index contributed by atoms with van der Waals surface area (Å²) in [7, 11) is 0. The highest BCUT2D eigenvalue weighted by molar-refractivity contribution is 5.19. The number of rotatable bonds is 11. The molecule has 0 saturated carbocycles. The molecule has 1 heteroatoms. The van der Waals surface area contributed by atoms with Gasteiger partial charge < -0.3 is 5.32 Å². The third-order valence-corrected chi connectivity index (χ3v) is 3.62. The Hall–Kier alpha value is -1.08. The molecule has 0 spiro atoms. The first-order valence-corrected chi connectivity index (χ1v) is 7.75. The van der Waals surface area contributed by atoms with Gasteiger partial charge in [-0.05, 0) is 37.3 Å². The Morgan fingerprint density at radius 2 is 1.84 bits per heavy atom. The van der Waals surface area contributed by atoms with Gasteiger partial charge in [0.2, 0.25) is 0 Å². The molecule has 1 aromatic carbocycles. The minimum absolute atomic E-state index is 0.667. The van der Waals surface area contributed by atoms with Crippen molar-refractivity contribution in [2.75, 3.05) is 13.1 Å². The summed E-state index contributed by atoms with van der Waals surface area (Å²) in [6.45, 7) is 8.11. The summed E-state index contributed by atoms with van der Waals surface area (Å²) in [5.74, 6) is 0.667. The Balaban J connectivity index is 2.31. The number of hydrogen-bond acceptors (Lipinski definition) is 1. The summed E-state index contributed by atoms with van der Waals surface area (Å²) in [6, 6.07) is 10.9. The van der Waals surface area contributed by atoms with Crippen LogP contribution in [0, 0.1) is 0 Å². The van der Waals surface area contributed by atoms with Gasteiger partial charge in [-0.3, -0.25) is 0 Å². The molecule has 0 aliphatic rings. The Morgan fingerprint density at radius 1 is 1.11 bits per heavy atom. The Labute approximate surface area is 119 Å². The first-order valence-electron chi connectivity index (χ1n) is 7.75. The van der Waals surface area contributed by atoms with E-state index in [0.29, 0.717) is 5.92 Å². The molecule has 0 aliphatic heterocycles. The molecule has 1 unspecified atom stereocenters. The lowest BCUT2D eigenvalue weighted by molar-refractivity contribution is 0.518. The fraction of sp³-hybridized carbons (Fsp3) is 0.556. The quantitative estimate of drug-likeness (QED) is 0.440. The second-order valence-electron chi connectivity index (χ2n) is 5.20. The largest absolute Gasteiger partial charge is 0.316 e. The molecule has 0 aromatic heterocycles. The predicted molar refractivity (Wildman–Crippen MR) is 85.6 cm³/mol. The number of nitrogens with one attached hydrogen (secondary N) is 1. The smallest absolute Gasteiger partial charge is 0.00200 e. The standard InChI is InChI=1S/C18H29N/c1-3-5-6-7-8-10-15-18(16-19-4-2)17-13-11-9-12-14-17/h3,9,11-14,18-19H,1,4-8,10,15-16H2,2H3. The van der Waals surface area contributed by atoms with Crippen LogP contribution in [-0.2, 0) is 0 Å². The van der Waals surface area contributed by atoms with Crippen molar-refractivity contribution in [1.29, 1.82) is 0 Å². The van der Waals surface area contributed by atoms with E-state index in [2.05, 4.69) is 49.2 Å². The molecule has 0 saturated heterocycles. The number of benzene rings is 1. The molecular weight excluding hydrogens is 230 g/mol. The predicted octanol–water partition coefficient (Wildman–Crippen LogP) is 4.91. The van der Waals surface area contributed by atoms with Crippen LogP contribution < -0.4 is 5.32 Å². The lowest BCUT2D eigenvalue weighted by atomic mass is 9.93. The zero-order chi connectivity index (χ0) is 13.8. The molecule has 1 rings (SSSR count). The average Bonchev–Trinajstić information content (AvgIpc) is 2.46. The Morgan fingerprint density at radius 3 is 2.53 bits per heavy atom. The van der Waals surface area contributed by atoms with E-state index in [1.54, 1.807) is 0 Å². The summed E-state index contributed by atoms with van der Waals surface area (Å²) in [5.41, 5.74) is 1.48. The van der Waals surface area contributed by atoms with Gasteiger partial charge in [0, 0.05) is 6.54 Å². The number of hydrogen-bond donors (Lipinski definition) is 1. The number of unbranched alkanes of at least 4 members (excludes halogenated alkanes) is 4. The maximum atomic E-state index is 3.77. The molecule has 0 bridgehead atoms. The van der Waals surface area contributed by atoms with Crippen LogP contribution in [0.25, 0.3) is 0 Å². The highest BCUT2D eigenvalue weighted by Gasteiger charge is 2.09. The lowest BCUT2D eigenvalue weighted by Gasteiger charge is -2.17. The van der Waals surface area contributed by atoms with Crippen LogP contribution in [0.2, 0.25) is 0 Å². The van der Waals surface area contributed by atoms with E-state index >= 15 is 0 Å². The van der Waals surface area contributed by atoms with Crippen molar-refractivity contribution < 1.29 is 0 Å². The van der Waals surface area contributed by atoms with Crippen molar-refractivity contribution in [2.24, 2.45) is 0 Å². The van der Waals surface area contributed by atoms with E-state index in [9.17, 15) is 0 Å². The van der Waals surface area contributed by atoms with E-state index in [1.807, 2.05) is 6.08 Å². The molecule has 19 heavy (non-hydrogen) atoms. The van der Waals surface area contributed by atoms with Gasteiger partial charge in [-0.25, -0.2) is 0 Å². The lowest BCUT2D eigenvalue weighted by Crippen LogP contribution is -2.21. The first-order chi connectivity index (χ1) is 9.38. The molecular formula is C18H29N. The van der Waals surface area contributed by atoms with Crippen LogP contribution in [-0.4, -0.2) is 13.1 Å². The van der Waals surface area contributed by atoms with Crippen LogP contribution in [0.1, 0.15) is 56.9 Å². The van der Waals surface area contributed by atoms with Gasteiger partial charge >= 0.3 is 0 Å². The van der Waals surface area contributed by atoms with Crippen molar-refractivity contribution in [2.45, 2.75) is 51.4 Å². The van der Waals surface area contributed by atoms with Crippen LogP contribution in [0.15, 0.2) is 43.0 Å². The van der Waals surface area contributed by atoms with Crippen molar-refractivity contribution in [3.63, 3.8) is 0 Å². The van der Waals surface area contributed by atoms with Gasteiger partial charge in [0.05, 0.1) is 0 Å². The highest BCUT2D eigenvalue weighted by Crippen LogP contribution is 2.22. The van der Waals surface area contributed by atoms with Gasteiger partial charge in [0.1, 0.15) is 0 Å². The second kappa shape index (κ2) is 10.8. The summed E-state index contributed by atoms with van der Waals surface area (Å²) in [5, 5.41) is 3.49. The van der Waals surface area contributed by atoms with E-state index in [0.717, 1.165) is 13.1 Å². The fourth-order valence-corrected chi connectivity index (χ4v) is 2.46. The third-order valence-electron chi connectivity index (χ3n) is 3.62. The summed E-state index contributed by atoms with van der Waals surface area (Å²) in [6.07, 6.45) is 9.81. The van der Waals surface area contributed by atoms with E-state index < -0.39 is 0 Å². The molecule has 0 aliphatic carbocycles. The minimum Gasteiger partial charge on any atom is -0.316 e. The third kappa shape index (κ3) is 7.17. The van der Waals surface area contributed by atoms with Crippen molar-refractivity contribution >= 4 is 0 Å². The molecule has 0 fully saturated rings. The maximum Gasteiger partial charge on any atom is 0.00200 e. The van der Waals surface area contributed by atoms with E-state index in [4.69, 9.17) is 0 Å². The molecule has 1 aromatic rings. The van der Waals surface area contributed by atoms with Crippen LogP contribution >= 0.6 is 0 Å². The normalized spacial score (nSPS) is 12.3. The molecule has 0 radical (unpaired) electrons. The molecule has 0 amide bonds. The van der Waals surface area contributed by atoms with Crippen molar-refractivity contribution in [3.05, 3.63) is 48.6 Å². The second-order valence-corrected chi connectivity index (χ2v) is 5.20. The van der Waals surface area contributed by atoms with Gasteiger partial charge in [0.25, 0.3) is 0 Å². The fourth-order valence-electron chi connectivity index (χ4n) is 2.46. The highest BCUT2D eigenvalue weighted by atomic mass is 14.8. The maximum absolute atomic E-state index is 3.77. The molecule has 1 atom stereocenters. The van der Waals surface area contributed by atoms with Crippen LogP contribution in [0.5, 0.6) is 0 Å². The molecule has 1 N–H and O–H groups in total. The number of likely N-dealkylation sites (N-methyl/N-ethyl adjacent to an activating group) is 1. The van der Waals surface area contributed by atoms with Crippen LogP contribution in [0.3, 0.4) is 0 Å². The molecule has 1 nitrogen and oxygen atoms in total. The van der Waals surface area contributed by atoms with Crippen molar-refractivity contribution in [1.82, 2.24) is 5.32 Å². The Kier molecular flexibility index (Phi) is 9.09. The zero-order valence-corrected chi connectivity index (χ0v) is 12.4. The molecule has 0 heterocycles. The topological polar surface area (TPSA) is 12.0 Å². The Bertz CT molecular complexity index is 318. The van der Waals surface area contributed by atoms with E-state index in [1.165, 1.54) is 44.1 Å². The summed E-state index contributed by atoms with van der Waals surface area (Å²) in [4.78, 5) is 0. The average molecular weight is 259 g/mol. The van der Waals surface area contributed by atoms with Gasteiger partial charge in [-0.1, -0.05) is 62.6 Å². The van der Waals surface area contributed by atoms with Gasteiger partial charge in [-0.15, -0.1) is 6.58 Å². The zero-order valence-electron chi connectivity index (χ0n) is 12.4. The first kappa shape index (κ1) is 16.0. The van der Waals surface area contributed by atoms with Crippen molar-refractivity contribution in [3.8, 4) is 0 Å². The molecule has 106 valence electrons.